The van der Waals surface area contributed by atoms with Gasteiger partial charge in [0.15, 0.2) is 0 Å². The first kappa shape index (κ1) is 19.3. The smallest absolute Gasteiger partial charge is 0.407 e. The van der Waals surface area contributed by atoms with Crippen molar-refractivity contribution in [3.8, 4) is 0 Å². The fourth-order valence-electron chi connectivity index (χ4n) is 2.35. The number of unbranched alkanes of at least 4 members (excludes halogenated alkanes) is 1. The molecule has 0 heterocycles. The van der Waals surface area contributed by atoms with Crippen LogP contribution in [0.4, 0.5) is 10.5 Å². The number of hydrogen-bond donors (Lipinski definition) is 2. The average Bonchev–Trinajstić information content (AvgIpc) is 2.48. The van der Waals surface area contributed by atoms with Gasteiger partial charge in [-0.15, -0.1) is 0 Å². The standard InChI is InChI=1S/C19H32N2O2/c1-6-8-12-16(7-2)21-17-13-10-9-11-15(17)14-20-18(22)23-19(3,4)5/h9-11,13,16,21H,6-8,12,14H2,1-5H3,(H,20,22). The number of ether oxygens (including phenoxy) is 1. The molecule has 4 heteroatoms. The molecule has 0 aliphatic heterocycles. The van der Waals surface area contributed by atoms with E-state index < -0.39 is 5.60 Å². The minimum Gasteiger partial charge on any atom is -0.444 e. The summed E-state index contributed by atoms with van der Waals surface area (Å²) in [6, 6.07) is 8.58. The molecular formula is C19H32N2O2. The third-order valence-electron chi connectivity index (χ3n) is 3.60. The Morgan fingerprint density at radius 1 is 1.22 bits per heavy atom. The average molecular weight is 320 g/mol. The third kappa shape index (κ3) is 7.91. The SMILES string of the molecule is CCCCC(CC)Nc1ccccc1CNC(=O)OC(C)(C)C. The Bertz CT molecular complexity index is 481. The van der Waals surface area contributed by atoms with E-state index in [1.807, 2.05) is 39.0 Å². The maximum absolute atomic E-state index is 11.8. The zero-order valence-electron chi connectivity index (χ0n) is 15.2. The molecule has 0 spiro atoms. The predicted molar refractivity (Wildman–Crippen MR) is 96.7 cm³/mol. The molecule has 0 radical (unpaired) electrons. The van der Waals surface area contributed by atoms with E-state index in [0.29, 0.717) is 12.6 Å². The number of amides is 1. The zero-order valence-corrected chi connectivity index (χ0v) is 15.2. The van der Waals surface area contributed by atoms with Crippen LogP contribution in [0.3, 0.4) is 0 Å². The normalized spacial score (nSPS) is 12.6. The number of carbonyl (C=O) groups excluding carboxylic acids is 1. The Morgan fingerprint density at radius 2 is 1.91 bits per heavy atom. The Labute approximate surface area is 141 Å². The van der Waals surface area contributed by atoms with Gasteiger partial charge in [-0.2, -0.15) is 0 Å². The van der Waals surface area contributed by atoms with Gasteiger partial charge in [0.1, 0.15) is 5.60 Å². The second kappa shape index (κ2) is 9.43. The van der Waals surface area contributed by atoms with Crippen LogP contribution in [0.5, 0.6) is 0 Å². The lowest BCUT2D eigenvalue weighted by atomic mass is 10.1. The first-order chi connectivity index (χ1) is 10.9. The van der Waals surface area contributed by atoms with Crippen molar-refractivity contribution in [2.75, 3.05) is 5.32 Å². The topological polar surface area (TPSA) is 50.4 Å². The first-order valence-electron chi connectivity index (χ1n) is 8.67. The van der Waals surface area contributed by atoms with Crippen LogP contribution < -0.4 is 10.6 Å². The molecule has 0 aromatic heterocycles. The van der Waals surface area contributed by atoms with Gasteiger partial charge in [-0.3, -0.25) is 0 Å². The summed E-state index contributed by atoms with van der Waals surface area (Å²) in [6.07, 6.45) is 4.31. The van der Waals surface area contributed by atoms with Crippen LogP contribution in [-0.4, -0.2) is 17.7 Å². The minimum absolute atomic E-state index is 0.384. The highest BCUT2D eigenvalue weighted by Crippen LogP contribution is 2.19. The Hall–Kier alpha value is -1.71. The van der Waals surface area contributed by atoms with Crippen molar-refractivity contribution in [1.82, 2.24) is 5.32 Å². The fraction of sp³-hybridized carbons (Fsp3) is 0.632. The number of rotatable bonds is 8. The van der Waals surface area contributed by atoms with Crippen molar-refractivity contribution >= 4 is 11.8 Å². The van der Waals surface area contributed by atoms with Crippen molar-refractivity contribution in [3.63, 3.8) is 0 Å². The quantitative estimate of drug-likeness (QED) is 0.701. The number of para-hydroxylation sites is 1. The summed E-state index contributed by atoms with van der Waals surface area (Å²) < 4.78 is 5.28. The summed E-state index contributed by atoms with van der Waals surface area (Å²) in [6.45, 7) is 10.5. The second-order valence-electron chi connectivity index (χ2n) is 6.90. The van der Waals surface area contributed by atoms with Crippen LogP contribution >= 0.6 is 0 Å². The van der Waals surface area contributed by atoms with Crippen LogP contribution in [0.25, 0.3) is 0 Å². The summed E-state index contributed by atoms with van der Waals surface area (Å²) >= 11 is 0. The highest BCUT2D eigenvalue weighted by atomic mass is 16.6. The highest BCUT2D eigenvalue weighted by molar-refractivity contribution is 5.68. The van der Waals surface area contributed by atoms with Gasteiger partial charge in [0.25, 0.3) is 0 Å². The van der Waals surface area contributed by atoms with Crippen molar-refractivity contribution in [2.45, 2.75) is 78.5 Å². The lowest BCUT2D eigenvalue weighted by molar-refractivity contribution is 0.0523. The number of anilines is 1. The van der Waals surface area contributed by atoms with Gasteiger partial charge in [-0.25, -0.2) is 4.79 Å². The fourth-order valence-corrected chi connectivity index (χ4v) is 2.35. The van der Waals surface area contributed by atoms with Gasteiger partial charge in [-0.05, 0) is 45.2 Å². The number of hydrogen-bond acceptors (Lipinski definition) is 3. The molecule has 0 fully saturated rings. The van der Waals surface area contributed by atoms with Crippen LogP contribution in [-0.2, 0) is 11.3 Å². The summed E-state index contributed by atoms with van der Waals surface area (Å²) in [7, 11) is 0. The first-order valence-corrected chi connectivity index (χ1v) is 8.67. The molecule has 0 aliphatic carbocycles. The maximum Gasteiger partial charge on any atom is 0.407 e. The van der Waals surface area contributed by atoms with Crippen molar-refractivity contribution in [1.29, 1.82) is 0 Å². The Balaban J connectivity index is 2.64. The number of alkyl carbamates (subject to hydrolysis) is 1. The van der Waals surface area contributed by atoms with E-state index in [9.17, 15) is 4.79 Å². The molecular weight excluding hydrogens is 288 g/mol. The molecule has 1 unspecified atom stereocenters. The van der Waals surface area contributed by atoms with E-state index in [1.165, 1.54) is 19.3 Å². The van der Waals surface area contributed by atoms with E-state index in [-0.39, 0.29) is 6.09 Å². The van der Waals surface area contributed by atoms with Crippen LogP contribution in [0.1, 0.15) is 65.9 Å². The maximum atomic E-state index is 11.8. The number of benzene rings is 1. The lowest BCUT2D eigenvalue weighted by Gasteiger charge is -2.22. The third-order valence-corrected chi connectivity index (χ3v) is 3.60. The largest absolute Gasteiger partial charge is 0.444 e. The lowest BCUT2D eigenvalue weighted by Crippen LogP contribution is -2.32. The van der Waals surface area contributed by atoms with Crippen molar-refractivity contribution < 1.29 is 9.53 Å². The van der Waals surface area contributed by atoms with E-state index in [2.05, 4.69) is 30.5 Å². The van der Waals surface area contributed by atoms with Crippen molar-refractivity contribution in [3.05, 3.63) is 29.8 Å². The molecule has 4 nitrogen and oxygen atoms in total. The molecule has 2 N–H and O–H groups in total. The van der Waals surface area contributed by atoms with E-state index in [0.717, 1.165) is 17.7 Å². The molecule has 1 rings (SSSR count). The molecule has 0 bridgehead atoms. The van der Waals surface area contributed by atoms with Crippen LogP contribution in [0.15, 0.2) is 24.3 Å². The predicted octanol–water partition coefficient (Wildman–Crippen LogP) is 5.09. The second-order valence-corrected chi connectivity index (χ2v) is 6.90. The molecule has 130 valence electrons. The number of nitrogens with one attached hydrogen (secondary N) is 2. The molecule has 0 aliphatic rings. The molecule has 1 aromatic rings. The molecule has 1 atom stereocenters. The van der Waals surface area contributed by atoms with E-state index in [4.69, 9.17) is 4.74 Å². The highest BCUT2D eigenvalue weighted by Gasteiger charge is 2.16. The molecule has 23 heavy (non-hydrogen) atoms. The number of carbonyl (C=O) groups is 1. The zero-order chi connectivity index (χ0) is 17.3. The Kier molecular flexibility index (Phi) is 7.93. The van der Waals surface area contributed by atoms with Gasteiger partial charge in [0.2, 0.25) is 0 Å². The summed E-state index contributed by atoms with van der Waals surface area (Å²) in [4.78, 5) is 11.8. The minimum atomic E-state index is -0.477. The molecule has 0 saturated carbocycles. The van der Waals surface area contributed by atoms with Gasteiger partial charge in [0.05, 0.1) is 0 Å². The Morgan fingerprint density at radius 3 is 2.52 bits per heavy atom. The van der Waals surface area contributed by atoms with Gasteiger partial charge >= 0.3 is 6.09 Å². The van der Waals surface area contributed by atoms with E-state index >= 15 is 0 Å². The van der Waals surface area contributed by atoms with Crippen LogP contribution in [0, 0.1) is 0 Å². The van der Waals surface area contributed by atoms with E-state index in [1.54, 1.807) is 0 Å². The molecule has 1 aromatic carbocycles. The van der Waals surface area contributed by atoms with Gasteiger partial charge < -0.3 is 15.4 Å². The summed E-state index contributed by atoms with van der Waals surface area (Å²) in [5.41, 5.74) is 1.69. The summed E-state index contributed by atoms with van der Waals surface area (Å²) in [5, 5.41) is 6.44. The van der Waals surface area contributed by atoms with Crippen LogP contribution in [0.2, 0.25) is 0 Å². The van der Waals surface area contributed by atoms with Crippen molar-refractivity contribution in [2.24, 2.45) is 0 Å². The molecule has 1 amide bonds. The molecule has 0 saturated heterocycles. The van der Waals surface area contributed by atoms with Gasteiger partial charge in [0, 0.05) is 18.3 Å². The van der Waals surface area contributed by atoms with Gasteiger partial charge in [-0.1, -0.05) is 44.9 Å². The summed E-state index contributed by atoms with van der Waals surface area (Å²) in [5.74, 6) is 0. The monoisotopic (exact) mass is 320 g/mol.